The van der Waals surface area contributed by atoms with Crippen molar-refractivity contribution >= 4 is 17.5 Å². The lowest BCUT2D eigenvalue weighted by Crippen LogP contribution is -2.26. The number of amides is 2. The molecule has 2 rings (SSSR count). The summed E-state index contributed by atoms with van der Waals surface area (Å²) < 4.78 is 0. The largest absolute Gasteiger partial charge is 0.356 e. The van der Waals surface area contributed by atoms with Gasteiger partial charge in [-0.2, -0.15) is 0 Å². The van der Waals surface area contributed by atoms with Crippen LogP contribution in [-0.2, 0) is 22.6 Å². The molecular weight excluding hydrogens is 278 g/mol. The molecule has 1 aromatic rings. The van der Waals surface area contributed by atoms with Gasteiger partial charge in [-0.15, -0.1) is 0 Å². The molecule has 1 aliphatic rings. The van der Waals surface area contributed by atoms with Gasteiger partial charge in [0.2, 0.25) is 11.8 Å². The van der Waals surface area contributed by atoms with E-state index in [1.807, 2.05) is 13.0 Å². The Labute approximate surface area is 132 Å². The minimum atomic E-state index is -0.0339. The summed E-state index contributed by atoms with van der Waals surface area (Å²) in [5, 5.41) is 5.66. The maximum atomic E-state index is 11.9. The fourth-order valence-corrected chi connectivity index (χ4v) is 2.69. The van der Waals surface area contributed by atoms with Crippen LogP contribution in [0.5, 0.6) is 0 Å². The van der Waals surface area contributed by atoms with E-state index in [9.17, 15) is 9.59 Å². The highest BCUT2D eigenvalue weighted by Gasteiger charge is 2.14. The molecule has 0 aliphatic carbocycles. The molecule has 0 bridgehead atoms. The first-order valence-electron chi connectivity index (χ1n) is 7.95. The Hall–Kier alpha value is -1.88. The predicted molar refractivity (Wildman–Crippen MR) is 87.6 cm³/mol. The van der Waals surface area contributed by atoms with E-state index in [0.717, 1.165) is 25.2 Å². The van der Waals surface area contributed by atoms with Crippen molar-refractivity contribution in [3.63, 3.8) is 0 Å². The maximum absolute atomic E-state index is 11.9. The average molecular weight is 303 g/mol. The number of carbonyl (C=O) groups excluding carboxylic acids is 2. The van der Waals surface area contributed by atoms with Crippen LogP contribution in [0.2, 0.25) is 0 Å². The Kier molecular flexibility index (Phi) is 5.95. The lowest BCUT2D eigenvalue weighted by atomic mass is 9.99. The Morgan fingerprint density at radius 3 is 2.73 bits per heavy atom. The van der Waals surface area contributed by atoms with Gasteiger partial charge < -0.3 is 15.5 Å². The first-order chi connectivity index (χ1) is 10.6. The molecule has 5 nitrogen and oxygen atoms in total. The fourth-order valence-electron chi connectivity index (χ4n) is 2.69. The van der Waals surface area contributed by atoms with Gasteiger partial charge in [-0.05, 0) is 50.1 Å². The molecule has 120 valence electrons. The smallest absolute Gasteiger partial charge is 0.224 e. The van der Waals surface area contributed by atoms with Crippen molar-refractivity contribution < 1.29 is 9.59 Å². The average Bonchev–Trinajstić information content (AvgIpc) is 2.47. The molecule has 1 aromatic carbocycles. The number of hydrogen-bond acceptors (Lipinski definition) is 3. The minimum absolute atomic E-state index is 0.00659. The zero-order chi connectivity index (χ0) is 15.9. The molecule has 0 saturated heterocycles. The molecule has 0 saturated carbocycles. The van der Waals surface area contributed by atoms with Gasteiger partial charge in [0.15, 0.2) is 0 Å². The number of rotatable bonds is 6. The maximum Gasteiger partial charge on any atom is 0.224 e. The lowest BCUT2D eigenvalue weighted by Gasteiger charge is -2.25. The van der Waals surface area contributed by atoms with Crippen molar-refractivity contribution in [1.29, 1.82) is 0 Å². The van der Waals surface area contributed by atoms with Crippen LogP contribution in [0.15, 0.2) is 18.2 Å². The molecule has 0 spiro atoms. The standard InChI is InChI=1S/C17H25N3O2/c1-3-18-16(21)5-4-6-17(22)19-15-8-7-13-9-10-20(2)12-14(13)11-15/h7-8,11H,3-6,9-10,12H2,1-2H3,(H,18,21)(H,19,22). The number of nitrogens with one attached hydrogen (secondary N) is 2. The van der Waals surface area contributed by atoms with E-state index in [1.54, 1.807) is 0 Å². The molecule has 1 aliphatic heterocycles. The third-order valence-electron chi connectivity index (χ3n) is 3.87. The Bertz CT molecular complexity index is 543. The molecule has 2 N–H and O–H groups in total. The summed E-state index contributed by atoms with van der Waals surface area (Å²) >= 11 is 0. The van der Waals surface area contributed by atoms with E-state index in [0.29, 0.717) is 25.8 Å². The van der Waals surface area contributed by atoms with Gasteiger partial charge in [-0.1, -0.05) is 6.07 Å². The summed E-state index contributed by atoms with van der Waals surface area (Å²) in [5.74, 6) is -0.0273. The van der Waals surface area contributed by atoms with Crippen LogP contribution < -0.4 is 10.6 Å². The van der Waals surface area contributed by atoms with Crippen molar-refractivity contribution in [2.24, 2.45) is 0 Å². The van der Waals surface area contributed by atoms with Crippen LogP contribution in [0.1, 0.15) is 37.3 Å². The Morgan fingerprint density at radius 2 is 1.95 bits per heavy atom. The van der Waals surface area contributed by atoms with Gasteiger partial charge >= 0.3 is 0 Å². The number of anilines is 1. The number of benzene rings is 1. The van der Waals surface area contributed by atoms with Crippen LogP contribution in [0, 0.1) is 0 Å². The number of nitrogens with zero attached hydrogens (tertiary/aromatic N) is 1. The van der Waals surface area contributed by atoms with Crippen molar-refractivity contribution in [2.45, 2.75) is 39.2 Å². The van der Waals surface area contributed by atoms with Crippen molar-refractivity contribution in [3.05, 3.63) is 29.3 Å². The zero-order valence-corrected chi connectivity index (χ0v) is 13.4. The number of likely N-dealkylation sites (N-methyl/N-ethyl adjacent to an activating group) is 1. The van der Waals surface area contributed by atoms with Gasteiger partial charge in [0.05, 0.1) is 0 Å². The summed E-state index contributed by atoms with van der Waals surface area (Å²) in [4.78, 5) is 25.5. The zero-order valence-electron chi connectivity index (χ0n) is 13.4. The second kappa shape index (κ2) is 7.94. The Balaban J connectivity index is 1.82. The normalized spacial score (nSPS) is 14.3. The molecule has 5 heteroatoms. The lowest BCUT2D eigenvalue weighted by molar-refractivity contribution is -0.121. The summed E-state index contributed by atoms with van der Waals surface area (Å²) in [6, 6.07) is 6.13. The molecule has 0 radical (unpaired) electrons. The molecule has 0 aromatic heterocycles. The third kappa shape index (κ3) is 4.84. The second-order valence-electron chi connectivity index (χ2n) is 5.83. The molecule has 0 fully saturated rings. The summed E-state index contributed by atoms with van der Waals surface area (Å²) in [5.41, 5.74) is 3.50. The quantitative estimate of drug-likeness (QED) is 0.844. The first kappa shape index (κ1) is 16.5. The van der Waals surface area contributed by atoms with Crippen molar-refractivity contribution in [1.82, 2.24) is 10.2 Å². The number of hydrogen-bond donors (Lipinski definition) is 2. The van der Waals surface area contributed by atoms with Crippen molar-refractivity contribution in [3.8, 4) is 0 Å². The topological polar surface area (TPSA) is 61.4 Å². The SMILES string of the molecule is CCNC(=O)CCCC(=O)Nc1ccc2c(c1)CN(C)CC2. The van der Waals surface area contributed by atoms with E-state index in [1.165, 1.54) is 11.1 Å². The van der Waals surface area contributed by atoms with E-state index >= 15 is 0 Å². The highest BCUT2D eigenvalue weighted by molar-refractivity contribution is 5.91. The van der Waals surface area contributed by atoms with Crippen LogP contribution in [-0.4, -0.2) is 36.9 Å². The second-order valence-corrected chi connectivity index (χ2v) is 5.83. The van der Waals surface area contributed by atoms with E-state index in [4.69, 9.17) is 0 Å². The van der Waals surface area contributed by atoms with Gasteiger partial charge in [-0.3, -0.25) is 9.59 Å². The monoisotopic (exact) mass is 303 g/mol. The van der Waals surface area contributed by atoms with Gasteiger partial charge in [0, 0.05) is 38.2 Å². The van der Waals surface area contributed by atoms with Crippen LogP contribution >= 0.6 is 0 Å². The molecule has 0 unspecified atom stereocenters. The number of carbonyl (C=O) groups is 2. The molecule has 1 heterocycles. The molecule has 0 atom stereocenters. The van der Waals surface area contributed by atoms with E-state index < -0.39 is 0 Å². The molecule has 2 amide bonds. The third-order valence-corrected chi connectivity index (χ3v) is 3.87. The fraction of sp³-hybridized carbons (Fsp3) is 0.529. The predicted octanol–water partition coefficient (Wildman–Crippen LogP) is 1.92. The van der Waals surface area contributed by atoms with Crippen LogP contribution in [0.4, 0.5) is 5.69 Å². The van der Waals surface area contributed by atoms with E-state index in [-0.39, 0.29) is 11.8 Å². The number of fused-ring (bicyclic) bond motifs is 1. The van der Waals surface area contributed by atoms with Gasteiger partial charge in [-0.25, -0.2) is 0 Å². The van der Waals surface area contributed by atoms with Gasteiger partial charge in [0.25, 0.3) is 0 Å². The highest BCUT2D eigenvalue weighted by atomic mass is 16.2. The van der Waals surface area contributed by atoms with Crippen LogP contribution in [0.25, 0.3) is 0 Å². The Morgan fingerprint density at radius 1 is 1.18 bits per heavy atom. The minimum Gasteiger partial charge on any atom is -0.356 e. The molecular formula is C17H25N3O2. The van der Waals surface area contributed by atoms with Crippen LogP contribution in [0.3, 0.4) is 0 Å². The summed E-state index contributed by atoms with van der Waals surface area (Å²) in [6.45, 7) is 4.53. The van der Waals surface area contributed by atoms with Crippen molar-refractivity contribution in [2.75, 3.05) is 25.5 Å². The molecule has 22 heavy (non-hydrogen) atoms. The summed E-state index contributed by atoms with van der Waals surface area (Å²) in [7, 11) is 2.11. The van der Waals surface area contributed by atoms with E-state index in [2.05, 4.69) is 34.7 Å². The summed E-state index contributed by atoms with van der Waals surface area (Å²) in [6.07, 6.45) is 2.41. The van der Waals surface area contributed by atoms with Gasteiger partial charge in [0.1, 0.15) is 0 Å². The first-order valence-corrected chi connectivity index (χ1v) is 7.95. The highest BCUT2D eigenvalue weighted by Crippen LogP contribution is 2.22.